The first-order chi connectivity index (χ1) is 31.8. The normalized spacial score (nSPS) is 12.1. The maximum atomic E-state index is 2.54. The zero-order valence-corrected chi connectivity index (χ0v) is 36.0. The quantitative estimate of drug-likeness (QED) is 0.112. The standard InChI is InChI=1S/C60H41N3Si/c1-6-20-42(21-7-1)61-57-36-34-44(63-55-32-18-16-30-49(55)50-31-17-19-33-56(50)63)38-51(57)53-40-54-52-39-48(35-37-58(52)62(60(54)41-59(53)61)43-22-8-2-9-23-43)64(45-24-10-3-11-25-45,46-26-12-4-13-27-46)47-28-14-5-15-29-47/h1-41H. The second kappa shape index (κ2) is 14.5. The highest BCUT2D eigenvalue weighted by atomic mass is 28.3. The van der Waals surface area contributed by atoms with Crippen LogP contribution in [0, 0.1) is 0 Å². The molecule has 3 aromatic heterocycles. The lowest BCUT2D eigenvalue weighted by Crippen LogP contribution is -2.74. The van der Waals surface area contributed by atoms with Crippen LogP contribution in [0.5, 0.6) is 0 Å². The van der Waals surface area contributed by atoms with Crippen LogP contribution in [0.3, 0.4) is 0 Å². The fourth-order valence-corrected chi connectivity index (χ4v) is 15.6. The van der Waals surface area contributed by atoms with E-state index < -0.39 is 8.07 Å². The van der Waals surface area contributed by atoms with E-state index in [1.807, 2.05) is 0 Å². The second-order valence-electron chi connectivity index (χ2n) is 16.9. The van der Waals surface area contributed by atoms with Crippen LogP contribution in [-0.4, -0.2) is 21.8 Å². The number of para-hydroxylation sites is 4. The Morgan fingerprint density at radius 1 is 0.203 bits per heavy atom. The maximum Gasteiger partial charge on any atom is 0.179 e. The molecule has 0 unspecified atom stereocenters. The molecule has 3 nitrogen and oxygen atoms in total. The molecule has 0 atom stereocenters. The van der Waals surface area contributed by atoms with E-state index in [1.165, 1.54) is 86.2 Å². The van der Waals surface area contributed by atoms with E-state index in [0.29, 0.717) is 0 Å². The zero-order valence-electron chi connectivity index (χ0n) is 35.0. The van der Waals surface area contributed by atoms with Gasteiger partial charge >= 0.3 is 0 Å². The molecule has 300 valence electrons. The third-order valence-electron chi connectivity index (χ3n) is 13.6. The van der Waals surface area contributed by atoms with Crippen molar-refractivity contribution >= 4 is 94.2 Å². The van der Waals surface area contributed by atoms with Crippen molar-refractivity contribution in [2.45, 2.75) is 0 Å². The lowest BCUT2D eigenvalue weighted by molar-refractivity contribution is 1.16. The Balaban J connectivity index is 1.16. The van der Waals surface area contributed by atoms with Gasteiger partial charge in [-0.3, -0.25) is 0 Å². The Hall–Kier alpha value is -8.18. The van der Waals surface area contributed by atoms with Crippen molar-refractivity contribution in [1.29, 1.82) is 0 Å². The minimum absolute atomic E-state index is 1.14. The van der Waals surface area contributed by atoms with Crippen molar-refractivity contribution in [2.24, 2.45) is 0 Å². The van der Waals surface area contributed by atoms with E-state index >= 15 is 0 Å². The third-order valence-corrected chi connectivity index (χ3v) is 18.3. The van der Waals surface area contributed by atoms with Gasteiger partial charge < -0.3 is 13.7 Å². The lowest BCUT2D eigenvalue weighted by Gasteiger charge is -2.34. The maximum absolute atomic E-state index is 2.81. The molecule has 13 rings (SSSR count). The molecule has 0 saturated carbocycles. The SMILES string of the molecule is c1ccc(-n2c3ccc(-n4c5ccccc5c5ccccc54)cc3c3cc4c5cc([Si](c6ccccc6)(c6ccccc6)c6ccccc6)ccc5n(-c5ccccc5)c4cc32)cc1. The van der Waals surface area contributed by atoms with Gasteiger partial charge in [0.1, 0.15) is 0 Å². The molecule has 0 aliphatic carbocycles. The van der Waals surface area contributed by atoms with Gasteiger partial charge in [-0.15, -0.1) is 0 Å². The highest BCUT2D eigenvalue weighted by molar-refractivity contribution is 7.20. The average molecular weight is 832 g/mol. The summed E-state index contributed by atoms with van der Waals surface area (Å²) in [6.45, 7) is 0. The fourth-order valence-electron chi connectivity index (χ4n) is 10.9. The first kappa shape index (κ1) is 36.5. The molecule has 4 heteroatoms. The molecule has 3 heterocycles. The second-order valence-corrected chi connectivity index (χ2v) is 20.7. The van der Waals surface area contributed by atoms with Gasteiger partial charge in [-0.25, -0.2) is 0 Å². The Bertz CT molecular complexity index is 3720. The molecule has 0 amide bonds. The number of aromatic nitrogens is 3. The number of hydrogen-bond donors (Lipinski definition) is 0. The van der Waals surface area contributed by atoms with E-state index in [1.54, 1.807) is 0 Å². The molecular weight excluding hydrogens is 791 g/mol. The first-order valence-corrected chi connectivity index (χ1v) is 24.1. The van der Waals surface area contributed by atoms with Crippen LogP contribution in [0.4, 0.5) is 0 Å². The Labute approximate surface area is 372 Å². The molecule has 10 aromatic carbocycles. The van der Waals surface area contributed by atoms with Crippen molar-refractivity contribution in [1.82, 2.24) is 13.7 Å². The lowest BCUT2D eigenvalue weighted by atomic mass is 10.1. The van der Waals surface area contributed by atoms with Crippen molar-refractivity contribution in [2.75, 3.05) is 0 Å². The minimum Gasteiger partial charge on any atom is -0.309 e. The summed E-state index contributed by atoms with van der Waals surface area (Å²) in [6, 6.07) is 92.3. The largest absolute Gasteiger partial charge is 0.309 e. The predicted molar refractivity (Wildman–Crippen MR) is 273 cm³/mol. The average Bonchev–Trinajstić information content (AvgIpc) is 4.00. The molecule has 0 bridgehead atoms. The summed E-state index contributed by atoms with van der Waals surface area (Å²) in [4.78, 5) is 0. The van der Waals surface area contributed by atoms with Crippen LogP contribution in [0.2, 0.25) is 0 Å². The van der Waals surface area contributed by atoms with E-state index in [4.69, 9.17) is 0 Å². The molecule has 0 saturated heterocycles. The van der Waals surface area contributed by atoms with Crippen LogP contribution in [0.25, 0.3) is 82.5 Å². The van der Waals surface area contributed by atoms with Gasteiger partial charge in [0.15, 0.2) is 8.07 Å². The van der Waals surface area contributed by atoms with Gasteiger partial charge in [0.25, 0.3) is 0 Å². The minimum atomic E-state index is -2.81. The van der Waals surface area contributed by atoms with Gasteiger partial charge in [0, 0.05) is 49.4 Å². The molecule has 64 heavy (non-hydrogen) atoms. The van der Waals surface area contributed by atoms with Gasteiger partial charge in [0.2, 0.25) is 0 Å². The predicted octanol–water partition coefficient (Wildman–Crippen LogP) is 12.4. The highest BCUT2D eigenvalue weighted by Gasteiger charge is 2.41. The number of nitrogens with zero attached hydrogens (tertiary/aromatic N) is 3. The summed E-state index contributed by atoms with van der Waals surface area (Å²) in [5, 5.41) is 12.9. The molecule has 0 aliphatic heterocycles. The van der Waals surface area contributed by atoms with Gasteiger partial charge in [-0.05, 0) is 93.5 Å². The highest BCUT2D eigenvalue weighted by Crippen LogP contribution is 2.41. The number of hydrogen-bond acceptors (Lipinski definition) is 0. The summed E-state index contributed by atoms with van der Waals surface area (Å²) in [6.07, 6.45) is 0. The number of fused-ring (bicyclic) bond motifs is 9. The zero-order chi connectivity index (χ0) is 42.2. The first-order valence-electron chi connectivity index (χ1n) is 22.1. The van der Waals surface area contributed by atoms with Crippen LogP contribution >= 0.6 is 0 Å². The van der Waals surface area contributed by atoms with Crippen molar-refractivity contribution in [3.63, 3.8) is 0 Å². The fraction of sp³-hybridized carbons (Fsp3) is 0. The monoisotopic (exact) mass is 831 g/mol. The van der Waals surface area contributed by atoms with E-state index in [9.17, 15) is 0 Å². The van der Waals surface area contributed by atoms with Crippen LogP contribution in [0.1, 0.15) is 0 Å². The summed E-state index contributed by atoms with van der Waals surface area (Å²) in [5.41, 5.74) is 10.6. The molecule has 0 fully saturated rings. The van der Waals surface area contributed by atoms with Gasteiger partial charge in [-0.1, -0.05) is 176 Å². The number of rotatable bonds is 7. The van der Waals surface area contributed by atoms with Crippen molar-refractivity contribution in [3.05, 3.63) is 249 Å². The molecule has 0 radical (unpaired) electrons. The van der Waals surface area contributed by atoms with Crippen molar-refractivity contribution < 1.29 is 0 Å². The summed E-state index contributed by atoms with van der Waals surface area (Å²) < 4.78 is 7.36. The van der Waals surface area contributed by atoms with Crippen LogP contribution in [0.15, 0.2) is 249 Å². The Morgan fingerprint density at radius 3 is 1.05 bits per heavy atom. The van der Waals surface area contributed by atoms with Crippen molar-refractivity contribution in [3.8, 4) is 17.1 Å². The van der Waals surface area contributed by atoms with E-state index in [0.717, 1.165) is 17.1 Å². The van der Waals surface area contributed by atoms with Crippen LogP contribution in [-0.2, 0) is 0 Å². The Morgan fingerprint density at radius 2 is 0.562 bits per heavy atom. The van der Waals surface area contributed by atoms with E-state index in [-0.39, 0.29) is 0 Å². The molecular formula is C60H41N3Si. The number of benzene rings is 10. The topological polar surface area (TPSA) is 14.8 Å². The molecule has 0 aliphatic rings. The third kappa shape index (κ3) is 5.33. The summed E-state index contributed by atoms with van der Waals surface area (Å²) in [7, 11) is -2.81. The van der Waals surface area contributed by atoms with Gasteiger partial charge in [-0.2, -0.15) is 0 Å². The van der Waals surface area contributed by atoms with Gasteiger partial charge in [0.05, 0.1) is 33.1 Å². The molecule has 0 spiro atoms. The smallest absolute Gasteiger partial charge is 0.179 e. The van der Waals surface area contributed by atoms with E-state index in [2.05, 4.69) is 262 Å². The summed E-state index contributed by atoms with van der Waals surface area (Å²) >= 11 is 0. The molecule has 13 aromatic rings. The molecule has 0 N–H and O–H groups in total. The van der Waals surface area contributed by atoms with Crippen LogP contribution < -0.4 is 20.7 Å². The summed E-state index contributed by atoms with van der Waals surface area (Å²) in [5.74, 6) is 0. The Kier molecular flexibility index (Phi) is 8.23.